The van der Waals surface area contributed by atoms with Crippen LogP contribution in [-0.2, 0) is 4.79 Å². The van der Waals surface area contributed by atoms with Crippen molar-refractivity contribution in [3.63, 3.8) is 0 Å². The van der Waals surface area contributed by atoms with E-state index >= 15 is 0 Å². The lowest BCUT2D eigenvalue weighted by molar-refractivity contribution is -0.139. The number of carboxylic acid groups (broad SMARTS) is 1. The van der Waals surface area contributed by atoms with Gasteiger partial charge in [0.25, 0.3) is 0 Å². The van der Waals surface area contributed by atoms with Gasteiger partial charge in [-0.1, -0.05) is 32.1 Å². The lowest BCUT2D eigenvalue weighted by atomic mass is 9.79. The maximum atomic E-state index is 12.2. The molecule has 2 fully saturated rings. The molecule has 0 radical (unpaired) electrons. The number of carbonyl (C=O) groups is 2. The van der Waals surface area contributed by atoms with E-state index in [-0.39, 0.29) is 24.5 Å². The van der Waals surface area contributed by atoms with Gasteiger partial charge in [0.15, 0.2) is 0 Å². The first-order chi connectivity index (χ1) is 10.0. The molecule has 2 rings (SSSR count). The van der Waals surface area contributed by atoms with E-state index in [0.29, 0.717) is 0 Å². The zero-order valence-corrected chi connectivity index (χ0v) is 12.6. The number of aliphatic carboxylic acids is 1. The van der Waals surface area contributed by atoms with E-state index < -0.39 is 11.5 Å². The molecule has 2 unspecified atom stereocenters. The Bertz CT molecular complexity index is 380. The number of hydrogen-bond acceptors (Lipinski definition) is 3. The molecule has 2 aliphatic rings. The van der Waals surface area contributed by atoms with E-state index in [1.54, 1.807) is 0 Å². The minimum atomic E-state index is -0.855. The fourth-order valence-electron chi connectivity index (χ4n) is 3.65. The van der Waals surface area contributed by atoms with Crippen molar-refractivity contribution < 1.29 is 14.7 Å². The Kier molecular flexibility index (Phi) is 5.45. The second-order valence-electron chi connectivity index (χ2n) is 6.56. The summed E-state index contributed by atoms with van der Waals surface area (Å²) >= 11 is 0. The van der Waals surface area contributed by atoms with Crippen molar-refractivity contribution in [1.82, 2.24) is 10.6 Å². The third-order valence-electron chi connectivity index (χ3n) is 4.81. The minimum Gasteiger partial charge on any atom is -0.481 e. The molecule has 2 atom stereocenters. The average molecular weight is 297 g/mol. The summed E-state index contributed by atoms with van der Waals surface area (Å²) in [7, 11) is 0. The van der Waals surface area contributed by atoms with Crippen molar-refractivity contribution in [1.29, 1.82) is 0 Å². The van der Waals surface area contributed by atoms with E-state index in [2.05, 4.69) is 10.6 Å². The van der Waals surface area contributed by atoms with Crippen LogP contribution in [0.1, 0.15) is 64.2 Å². The smallest absolute Gasteiger partial charge is 0.315 e. The summed E-state index contributed by atoms with van der Waals surface area (Å²) in [6.07, 6.45) is 8.56. The molecule has 0 aliphatic heterocycles. The van der Waals surface area contributed by atoms with E-state index in [4.69, 9.17) is 10.8 Å². The number of amides is 2. The summed E-state index contributed by atoms with van der Waals surface area (Å²) in [5, 5.41) is 15.0. The zero-order valence-electron chi connectivity index (χ0n) is 12.6. The maximum absolute atomic E-state index is 12.2. The van der Waals surface area contributed by atoms with E-state index in [1.165, 1.54) is 0 Å². The Morgan fingerprint density at radius 3 is 2.38 bits per heavy atom. The quantitative estimate of drug-likeness (QED) is 0.634. The molecule has 0 saturated heterocycles. The van der Waals surface area contributed by atoms with Gasteiger partial charge in [-0.05, 0) is 25.7 Å². The van der Waals surface area contributed by atoms with Crippen LogP contribution < -0.4 is 16.4 Å². The van der Waals surface area contributed by atoms with Crippen LogP contribution in [0.15, 0.2) is 0 Å². The van der Waals surface area contributed by atoms with Crippen LogP contribution in [-0.4, -0.2) is 34.7 Å². The molecular formula is C15H27N3O3. The van der Waals surface area contributed by atoms with Crippen molar-refractivity contribution >= 4 is 12.0 Å². The molecule has 0 aromatic rings. The molecule has 2 saturated carbocycles. The Morgan fingerprint density at radius 1 is 1.10 bits per heavy atom. The van der Waals surface area contributed by atoms with Gasteiger partial charge in [0.2, 0.25) is 0 Å². The van der Waals surface area contributed by atoms with Gasteiger partial charge < -0.3 is 21.5 Å². The highest BCUT2D eigenvalue weighted by Crippen LogP contribution is 2.31. The van der Waals surface area contributed by atoms with Crippen LogP contribution >= 0.6 is 0 Å². The molecular weight excluding hydrogens is 270 g/mol. The van der Waals surface area contributed by atoms with Gasteiger partial charge in [0, 0.05) is 12.1 Å². The Hall–Kier alpha value is -1.30. The number of nitrogens with one attached hydrogen (secondary N) is 2. The monoisotopic (exact) mass is 297 g/mol. The van der Waals surface area contributed by atoms with Gasteiger partial charge in [0.1, 0.15) is 0 Å². The van der Waals surface area contributed by atoms with Crippen molar-refractivity contribution in [3.05, 3.63) is 0 Å². The van der Waals surface area contributed by atoms with E-state index in [9.17, 15) is 9.59 Å². The normalized spacial score (nSPS) is 28.6. The lowest BCUT2D eigenvalue weighted by Gasteiger charge is -2.38. The fourth-order valence-corrected chi connectivity index (χ4v) is 3.65. The lowest BCUT2D eigenvalue weighted by Crippen LogP contribution is -2.58. The zero-order chi connectivity index (χ0) is 15.3. The number of rotatable bonds is 4. The topological polar surface area (TPSA) is 104 Å². The van der Waals surface area contributed by atoms with Crippen molar-refractivity contribution in [2.24, 2.45) is 5.73 Å². The summed E-state index contributed by atoms with van der Waals surface area (Å²) in [6, 6.07) is -0.254. The first kappa shape index (κ1) is 16.1. The van der Waals surface area contributed by atoms with Gasteiger partial charge in [0.05, 0.1) is 12.0 Å². The van der Waals surface area contributed by atoms with Crippen LogP contribution in [0.25, 0.3) is 0 Å². The summed E-state index contributed by atoms with van der Waals surface area (Å²) in [6.45, 7) is 0. The number of nitrogens with two attached hydrogens (primary N) is 1. The molecule has 5 N–H and O–H groups in total. The number of carboxylic acids is 1. The third kappa shape index (κ3) is 4.59. The maximum Gasteiger partial charge on any atom is 0.315 e. The molecule has 0 aromatic heterocycles. The third-order valence-corrected chi connectivity index (χ3v) is 4.81. The molecule has 2 amide bonds. The van der Waals surface area contributed by atoms with Gasteiger partial charge in [-0.3, -0.25) is 4.79 Å². The van der Waals surface area contributed by atoms with Crippen molar-refractivity contribution in [3.8, 4) is 0 Å². The van der Waals surface area contributed by atoms with Crippen LogP contribution in [0.3, 0.4) is 0 Å². The first-order valence-corrected chi connectivity index (χ1v) is 8.07. The van der Waals surface area contributed by atoms with Crippen molar-refractivity contribution in [2.45, 2.75) is 81.8 Å². The largest absolute Gasteiger partial charge is 0.481 e. The second-order valence-corrected chi connectivity index (χ2v) is 6.56. The summed E-state index contributed by atoms with van der Waals surface area (Å²) < 4.78 is 0. The van der Waals surface area contributed by atoms with Gasteiger partial charge in [-0.15, -0.1) is 0 Å². The molecule has 0 heterocycles. The second kappa shape index (κ2) is 7.11. The molecule has 2 aliphatic carbocycles. The van der Waals surface area contributed by atoms with Crippen molar-refractivity contribution in [2.75, 3.05) is 0 Å². The van der Waals surface area contributed by atoms with Crippen LogP contribution in [0.2, 0.25) is 0 Å². The molecule has 21 heavy (non-hydrogen) atoms. The molecule has 6 heteroatoms. The van der Waals surface area contributed by atoms with Gasteiger partial charge in [-0.2, -0.15) is 0 Å². The first-order valence-electron chi connectivity index (χ1n) is 8.07. The Labute approximate surface area is 125 Å². The summed E-state index contributed by atoms with van der Waals surface area (Å²) in [5.74, 6) is -0.855. The van der Waals surface area contributed by atoms with Gasteiger partial charge in [-0.25, -0.2) is 4.79 Å². The number of carbonyl (C=O) groups excluding carboxylic acids is 1. The van der Waals surface area contributed by atoms with Crippen LogP contribution in [0.5, 0.6) is 0 Å². The average Bonchev–Trinajstić information content (AvgIpc) is 2.41. The van der Waals surface area contributed by atoms with E-state index in [1.807, 2.05) is 0 Å². The highest BCUT2D eigenvalue weighted by Gasteiger charge is 2.36. The standard InChI is InChI=1S/C15H27N3O3/c16-11-6-2-3-7-12(11)17-14(21)18-15(10-13(19)20)8-4-1-5-9-15/h11-12H,1-10,16H2,(H,19,20)(H2,17,18,21). The number of urea groups is 1. The van der Waals surface area contributed by atoms with E-state index in [0.717, 1.165) is 57.8 Å². The number of hydrogen-bond donors (Lipinski definition) is 4. The molecule has 0 aromatic carbocycles. The Morgan fingerprint density at radius 2 is 1.76 bits per heavy atom. The summed E-state index contributed by atoms with van der Waals surface area (Å²) in [4.78, 5) is 23.3. The highest BCUT2D eigenvalue weighted by molar-refractivity contribution is 5.77. The van der Waals surface area contributed by atoms with Crippen LogP contribution in [0.4, 0.5) is 4.79 Å². The predicted molar refractivity (Wildman–Crippen MR) is 80.0 cm³/mol. The SMILES string of the molecule is NC1CCCCC1NC(=O)NC1(CC(=O)O)CCCCC1. The van der Waals surface area contributed by atoms with Gasteiger partial charge >= 0.3 is 12.0 Å². The molecule has 0 spiro atoms. The molecule has 6 nitrogen and oxygen atoms in total. The van der Waals surface area contributed by atoms with Crippen LogP contribution in [0, 0.1) is 0 Å². The Balaban J connectivity index is 1.92. The minimum absolute atomic E-state index is 0.00284. The predicted octanol–water partition coefficient (Wildman–Crippen LogP) is 1.73. The fraction of sp³-hybridized carbons (Fsp3) is 0.867. The molecule has 0 bridgehead atoms. The summed E-state index contributed by atoms with van der Waals surface area (Å²) in [5.41, 5.74) is 5.45. The highest BCUT2D eigenvalue weighted by atomic mass is 16.4. The molecule has 120 valence electrons.